The highest BCUT2D eigenvalue weighted by atomic mass is 19.3. The van der Waals surface area contributed by atoms with Crippen molar-refractivity contribution in [3.05, 3.63) is 29.8 Å². The van der Waals surface area contributed by atoms with Gasteiger partial charge in [-0.05, 0) is 6.07 Å². The van der Waals surface area contributed by atoms with Gasteiger partial charge in [-0.2, -0.15) is 4.39 Å². The van der Waals surface area contributed by atoms with Gasteiger partial charge in [0.2, 0.25) is 12.4 Å². The molecule has 0 radical (unpaired) electrons. The predicted molar refractivity (Wildman–Crippen MR) is 45.2 cm³/mol. The van der Waals surface area contributed by atoms with Crippen LogP contribution in [0, 0.1) is 5.95 Å². The van der Waals surface area contributed by atoms with E-state index in [2.05, 4.69) is 4.98 Å². The van der Waals surface area contributed by atoms with E-state index in [1.54, 1.807) is 0 Å². The third-order valence-electron chi connectivity index (χ3n) is 1.89. The largest absolute Gasteiger partial charge is 0.481 e. The Kier molecular flexibility index (Phi) is 3.65. The Morgan fingerprint density at radius 1 is 1.53 bits per heavy atom. The second kappa shape index (κ2) is 4.77. The number of aliphatic carboxylic acids is 1. The van der Waals surface area contributed by atoms with Crippen molar-refractivity contribution in [1.29, 1.82) is 0 Å². The van der Waals surface area contributed by atoms with Gasteiger partial charge in [0.1, 0.15) is 0 Å². The fraction of sp³-hybridized carbons (Fsp3) is 0.333. The van der Waals surface area contributed by atoms with Gasteiger partial charge in [-0.15, -0.1) is 0 Å². The zero-order valence-electron chi connectivity index (χ0n) is 7.53. The van der Waals surface area contributed by atoms with Crippen LogP contribution in [0.15, 0.2) is 18.3 Å². The van der Waals surface area contributed by atoms with Gasteiger partial charge >= 0.3 is 5.97 Å². The lowest BCUT2D eigenvalue weighted by molar-refractivity contribution is -0.138. The number of pyridine rings is 1. The molecule has 1 heterocycles. The normalized spacial score (nSPS) is 12.8. The Bertz CT molecular complexity index is 357. The maximum atomic E-state index is 13.0. The third-order valence-corrected chi connectivity index (χ3v) is 1.89. The lowest BCUT2D eigenvalue weighted by atomic mass is 9.97. The SMILES string of the molecule is O=C(O)CC(c1cccnc1F)C(F)F. The van der Waals surface area contributed by atoms with Crippen LogP contribution < -0.4 is 0 Å². The fourth-order valence-electron chi connectivity index (χ4n) is 1.20. The van der Waals surface area contributed by atoms with Crippen LogP contribution >= 0.6 is 0 Å². The van der Waals surface area contributed by atoms with Crippen molar-refractivity contribution in [3.63, 3.8) is 0 Å². The standard InChI is InChI=1S/C9H8F3NO2/c10-8(11)6(4-7(14)15)5-2-1-3-13-9(5)12/h1-3,6,8H,4H2,(H,14,15). The Balaban J connectivity index is 2.99. The summed E-state index contributed by atoms with van der Waals surface area (Å²) in [5, 5.41) is 8.41. The van der Waals surface area contributed by atoms with Gasteiger partial charge in [0.25, 0.3) is 0 Å². The minimum absolute atomic E-state index is 0.366. The molecule has 0 aromatic carbocycles. The fourth-order valence-corrected chi connectivity index (χ4v) is 1.20. The maximum Gasteiger partial charge on any atom is 0.304 e. The number of aromatic nitrogens is 1. The summed E-state index contributed by atoms with van der Waals surface area (Å²) in [5.74, 6) is -4.11. The number of carboxylic acids is 1. The molecule has 82 valence electrons. The molecule has 0 amide bonds. The van der Waals surface area contributed by atoms with Crippen LogP contribution in [0.2, 0.25) is 0 Å². The number of alkyl halides is 2. The van der Waals surface area contributed by atoms with Crippen LogP contribution in [0.5, 0.6) is 0 Å². The van der Waals surface area contributed by atoms with Crippen molar-refractivity contribution >= 4 is 5.97 Å². The number of hydrogen-bond acceptors (Lipinski definition) is 2. The highest BCUT2D eigenvalue weighted by molar-refractivity contribution is 5.68. The number of carbonyl (C=O) groups is 1. The number of hydrogen-bond donors (Lipinski definition) is 1. The lowest BCUT2D eigenvalue weighted by Gasteiger charge is -2.13. The topological polar surface area (TPSA) is 50.2 Å². The number of halogens is 3. The smallest absolute Gasteiger partial charge is 0.304 e. The molecule has 15 heavy (non-hydrogen) atoms. The van der Waals surface area contributed by atoms with Crippen molar-refractivity contribution < 1.29 is 23.1 Å². The van der Waals surface area contributed by atoms with Crippen molar-refractivity contribution in [3.8, 4) is 0 Å². The van der Waals surface area contributed by atoms with Crippen molar-refractivity contribution in [2.75, 3.05) is 0 Å². The van der Waals surface area contributed by atoms with Gasteiger partial charge in [-0.1, -0.05) is 6.07 Å². The summed E-state index contributed by atoms with van der Waals surface area (Å²) in [4.78, 5) is 13.5. The zero-order chi connectivity index (χ0) is 11.4. The van der Waals surface area contributed by atoms with Gasteiger partial charge in [0.15, 0.2) is 0 Å². The number of rotatable bonds is 4. The lowest BCUT2D eigenvalue weighted by Crippen LogP contribution is -2.16. The third kappa shape index (κ3) is 2.93. The first-order valence-electron chi connectivity index (χ1n) is 4.12. The minimum atomic E-state index is -2.93. The molecule has 0 spiro atoms. The van der Waals surface area contributed by atoms with Gasteiger partial charge in [-0.3, -0.25) is 4.79 Å². The summed E-state index contributed by atoms with van der Waals surface area (Å²) < 4.78 is 37.9. The van der Waals surface area contributed by atoms with Crippen molar-refractivity contribution in [1.82, 2.24) is 4.98 Å². The van der Waals surface area contributed by atoms with E-state index in [4.69, 9.17) is 5.11 Å². The van der Waals surface area contributed by atoms with E-state index in [0.717, 1.165) is 12.3 Å². The first-order chi connectivity index (χ1) is 7.02. The molecular formula is C9H8F3NO2. The average Bonchev–Trinajstić information content (AvgIpc) is 2.15. The van der Waals surface area contributed by atoms with Gasteiger partial charge in [-0.25, -0.2) is 13.8 Å². The average molecular weight is 219 g/mol. The van der Waals surface area contributed by atoms with Crippen molar-refractivity contribution in [2.24, 2.45) is 0 Å². The van der Waals surface area contributed by atoms with Crippen LogP contribution in [0.1, 0.15) is 17.9 Å². The van der Waals surface area contributed by atoms with E-state index >= 15 is 0 Å². The van der Waals surface area contributed by atoms with E-state index in [0.29, 0.717) is 0 Å². The molecule has 1 atom stereocenters. The molecule has 0 bridgehead atoms. The second-order valence-corrected chi connectivity index (χ2v) is 2.92. The highest BCUT2D eigenvalue weighted by Crippen LogP contribution is 2.27. The van der Waals surface area contributed by atoms with E-state index in [1.165, 1.54) is 6.07 Å². The maximum absolute atomic E-state index is 13.0. The molecule has 0 aliphatic rings. The highest BCUT2D eigenvalue weighted by Gasteiger charge is 2.28. The molecule has 1 unspecified atom stereocenters. The molecule has 0 aliphatic carbocycles. The Labute approximate surface area is 83.6 Å². The van der Waals surface area contributed by atoms with Crippen LogP contribution in [-0.2, 0) is 4.79 Å². The Hall–Kier alpha value is -1.59. The van der Waals surface area contributed by atoms with Gasteiger partial charge < -0.3 is 5.11 Å². The van der Waals surface area contributed by atoms with Crippen molar-refractivity contribution in [2.45, 2.75) is 18.8 Å². The van der Waals surface area contributed by atoms with E-state index in [9.17, 15) is 18.0 Å². The summed E-state index contributed by atoms with van der Waals surface area (Å²) in [7, 11) is 0. The second-order valence-electron chi connectivity index (χ2n) is 2.92. The van der Waals surface area contributed by atoms with E-state index < -0.39 is 30.7 Å². The molecule has 1 aromatic rings. The van der Waals surface area contributed by atoms with Crippen LogP contribution in [0.4, 0.5) is 13.2 Å². The molecule has 0 saturated heterocycles. The summed E-state index contributed by atoms with van der Waals surface area (Å²) >= 11 is 0. The van der Waals surface area contributed by atoms with E-state index in [1.807, 2.05) is 0 Å². The molecule has 1 N–H and O–H groups in total. The first-order valence-corrected chi connectivity index (χ1v) is 4.12. The minimum Gasteiger partial charge on any atom is -0.481 e. The Morgan fingerprint density at radius 2 is 2.20 bits per heavy atom. The quantitative estimate of drug-likeness (QED) is 0.788. The summed E-state index contributed by atoms with van der Waals surface area (Å²) in [6.45, 7) is 0. The number of carboxylic acid groups (broad SMARTS) is 1. The van der Waals surface area contributed by atoms with E-state index in [-0.39, 0.29) is 5.56 Å². The number of nitrogens with zero attached hydrogens (tertiary/aromatic N) is 1. The monoisotopic (exact) mass is 219 g/mol. The summed E-state index contributed by atoms with van der Waals surface area (Å²) in [6, 6.07) is 2.40. The zero-order valence-corrected chi connectivity index (χ0v) is 7.53. The summed E-state index contributed by atoms with van der Waals surface area (Å²) in [5.41, 5.74) is -0.366. The molecule has 1 rings (SSSR count). The molecule has 0 fully saturated rings. The molecular weight excluding hydrogens is 211 g/mol. The predicted octanol–water partition coefficient (Wildman–Crippen LogP) is 2.04. The first kappa shape index (κ1) is 11.5. The van der Waals surface area contributed by atoms with Gasteiger partial charge in [0.05, 0.1) is 12.3 Å². The molecule has 0 aliphatic heterocycles. The Morgan fingerprint density at radius 3 is 2.67 bits per heavy atom. The molecule has 0 saturated carbocycles. The van der Waals surface area contributed by atoms with Gasteiger partial charge in [0, 0.05) is 11.8 Å². The van der Waals surface area contributed by atoms with Crippen LogP contribution in [0.3, 0.4) is 0 Å². The molecule has 3 nitrogen and oxygen atoms in total. The molecule has 1 aromatic heterocycles. The summed E-state index contributed by atoms with van der Waals surface area (Å²) in [6.07, 6.45) is -2.64. The van der Waals surface area contributed by atoms with Crippen LogP contribution in [-0.4, -0.2) is 22.5 Å². The molecule has 6 heteroatoms. The van der Waals surface area contributed by atoms with Crippen LogP contribution in [0.25, 0.3) is 0 Å².